The third-order valence-electron chi connectivity index (χ3n) is 4.83. The largest absolute Gasteiger partial charge is 0.350 e. The van der Waals surface area contributed by atoms with Gasteiger partial charge in [0.2, 0.25) is 0 Å². The van der Waals surface area contributed by atoms with Crippen molar-refractivity contribution in [2.24, 2.45) is 0 Å². The molecule has 1 aromatic carbocycles. The minimum absolute atomic E-state index is 0.342. The zero-order valence-electron chi connectivity index (χ0n) is 14.2. The van der Waals surface area contributed by atoms with E-state index in [0.29, 0.717) is 6.04 Å². The first-order valence-electron chi connectivity index (χ1n) is 8.76. The van der Waals surface area contributed by atoms with Gasteiger partial charge < -0.3 is 4.90 Å². The first kappa shape index (κ1) is 15.0. The maximum atomic E-state index is 4.54. The number of anilines is 1. The van der Waals surface area contributed by atoms with Crippen molar-refractivity contribution < 1.29 is 0 Å². The second-order valence-corrected chi connectivity index (χ2v) is 6.42. The summed E-state index contributed by atoms with van der Waals surface area (Å²) >= 11 is 0. The molecule has 1 saturated heterocycles. The Labute approximate surface area is 150 Å². The van der Waals surface area contributed by atoms with Crippen LogP contribution in [0.5, 0.6) is 0 Å². The average Bonchev–Trinajstić information content (AvgIpc) is 3.43. The molecule has 26 heavy (non-hydrogen) atoms. The van der Waals surface area contributed by atoms with Crippen molar-refractivity contribution in [1.82, 2.24) is 34.7 Å². The van der Waals surface area contributed by atoms with Crippen molar-refractivity contribution in [3.8, 4) is 5.69 Å². The normalized spacial score (nSPS) is 17.2. The average molecular weight is 346 g/mol. The van der Waals surface area contributed by atoms with Crippen LogP contribution in [0.25, 0.3) is 16.9 Å². The Morgan fingerprint density at radius 1 is 1.08 bits per heavy atom. The van der Waals surface area contributed by atoms with Gasteiger partial charge in [0.15, 0.2) is 17.0 Å². The van der Waals surface area contributed by atoms with Crippen molar-refractivity contribution >= 4 is 17.0 Å². The molecule has 1 aliphatic heterocycles. The Kier molecular flexibility index (Phi) is 3.59. The summed E-state index contributed by atoms with van der Waals surface area (Å²) in [4.78, 5) is 11.3. The van der Waals surface area contributed by atoms with Gasteiger partial charge in [-0.3, -0.25) is 4.68 Å². The highest BCUT2D eigenvalue weighted by Gasteiger charge is 2.29. The molecule has 0 N–H and O–H groups in total. The predicted octanol–water partition coefficient (Wildman–Crippen LogP) is 2.08. The van der Waals surface area contributed by atoms with Gasteiger partial charge >= 0.3 is 0 Å². The van der Waals surface area contributed by atoms with Gasteiger partial charge in [0.05, 0.1) is 18.3 Å². The van der Waals surface area contributed by atoms with Crippen LogP contribution in [0.4, 0.5) is 5.82 Å². The molecule has 0 saturated carbocycles. The highest BCUT2D eigenvalue weighted by atomic mass is 15.5. The van der Waals surface area contributed by atoms with E-state index in [4.69, 9.17) is 0 Å². The lowest BCUT2D eigenvalue weighted by atomic mass is 10.2. The van der Waals surface area contributed by atoms with Crippen molar-refractivity contribution in [2.75, 3.05) is 11.4 Å². The zero-order chi connectivity index (χ0) is 17.3. The summed E-state index contributed by atoms with van der Waals surface area (Å²) in [6, 6.07) is 12.2. The molecule has 4 heterocycles. The van der Waals surface area contributed by atoms with Crippen LogP contribution in [0.3, 0.4) is 0 Å². The molecule has 130 valence electrons. The van der Waals surface area contributed by atoms with Crippen LogP contribution in [-0.4, -0.2) is 47.3 Å². The van der Waals surface area contributed by atoms with E-state index in [-0.39, 0.29) is 0 Å². The first-order chi connectivity index (χ1) is 12.9. The molecule has 0 amide bonds. The molecule has 0 radical (unpaired) electrons. The quantitative estimate of drug-likeness (QED) is 0.563. The van der Waals surface area contributed by atoms with Crippen molar-refractivity contribution in [3.63, 3.8) is 0 Å². The van der Waals surface area contributed by atoms with Crippen molar-refractivity contribution in [2.45, 2.75) is 25.4 Å². The maximum absolute atomic E-state index is 4.54. The van der Waals surface area contributed by atoms with Gasteiger partial charge in [-0.1, -0.05) is 23.4 Å². The van der Waals surface area contributed by atoms with Gasteiger partial charge in [0.25, 0.3) is 0 Å². The Morgan fingerprint density at radius 3 is 2.85 bits per heavy atom. The number of nitrogens with zero attached hydrogens (tertiary/aromatic N) is 8. The van der Waals surface area contributed by atoms with E-state index in [2.05, 4.69) is 30.3 Å². The van der Waals surface area contributed by atoms with E-state index in [1.165, 1.54) is 0 Å². The summed E-state index contributed by atoms with van der Waals surface area (Å²) in [6.45, 7) is 1.79. The molecule has 1 atom stereocenters. The molecule has 0 spiro atoms. The number of rotatable bonds is 4. The summed E-state index contributed by atoms with van der Waals surface area (Å²) in [5.74, 6) is 0.854. The zero-order valence-corrected chi connectivity index (χ0v) is 14.2. The van der Waals surface area contributed by atoms with E-state index < -0.39 is 0 Å². The number of hydrogen-bond acceptors (Lipinski definition) is 6. The molecule has 3 aromatic heterocycles. The molecule has 0 bridgehead atoms. The highest BCUT2D eigenvalue weighted by molar-refractivity contribution is 5.83. The van der Waals surface area contributed by atoms with Crippen molar-refractivity contribution in [3.05, 3.63) is 55.1 Å². The topological polar surface area (TPSA) is 77.5 Å². The van der Waals surface area contributed by atoms with Crippen LogP contribution < -0.4 is 4.90 Å². The van der Waals surface area contributed by atoms with Gasteiger partial charge in [0.1, 0.15) is 6.33 Å². The second-order valence-electron chi connectivity index (χ2n) is 6.42. The lowest BCUT2D eigenvalue weighted by Crippen LogP contribution is -2.34. The van der Waals surface area contributed by atoms with Crippen LogP contribution in [-0.2, 0) is 6.54 Å². The number of hydrogen-bond donors (Lipinski definition) is 0. The fourth-order valence-electron chi connectivity index (χ4n) is 3.62. The lowest BCUT2D eigenvalue weighted by Gasteiger charge is -2.25. The fraction of sp³-hybridized carbons (Fsp3) is 0.278. The summed E-state index contributed by atoms with van der Waals surface area (Å²) < 4.78 is 3.74. The van der Waals surface area contributed by atoms with Crippen LogP contribution in [0, 0.1) is 0 Å². The van der Waals surface area contributed by atoms with Crippen LogP contribution in [0.2, 0.25) is 0 Å². The second kappa shape index (κ2) is 6.21. The predicted molar refractivity (Wildman–Crippen MR) is 97.1 cm³/mol. The first-order valence-corrected chi connectivity index (χ1v) is 8.76. The summed E-state index contributed by atoms with van der Waals surface area (Å²) in [5, 5.41) is 13.1. The maximum Gasteiger partial charge on any atom is 0.189 e. The number of benzene rings is 1. The van der Waals surface area contributed by atoms with Gasteiger partial charge in [-0.25, -0.2) is 9.97 Å². The Balaban J connectivity index is 1.54. The number of fused-ring (bicyclic) bond motifs is 1. The SMILES string of the molecule is c1ccc(-n2nnc3c(N4CCC[C@@H]4Cn4cccn4)ncnc32)cc1. The standard InChI is InChI=1S/C18H18N8/c1-2-6-14(7-3-1)26-18-16(22-23-26)17(19-13-20-18)25-11-4-8-15(25)12-24-10-5-9-21-24/h1-3,5-7,9-10,13,15H,4,8,11-12H2/t15-/m1/s1. The molecule has 0 aliphatic carbocycles. The lowest BCUT2D eigenvalue weighted by molar-refractivity contribution is 0.508. The van der Waals surface area contributed by atoms with Gasteiger partial charge in [0, 0.05) is 18.9 Å². The van der Waals surface area contributed by atoms with Crippen molar-refractivity contribution in [1.29, 1.82) is 0 Å². The van der Waals surface area contributed by atoms with E-state index in [1.807, 2.05) is 53.5 Å². The fourth-order valence-corrected chi connectivity index (χ4v) is 3.62. The molecule has 0 unspecified atom stereocenters. The van der Waals surface area contributed by atoms with Crippen LogP contribution in [0.15, 0.2) is 55.1 Å². The third kappa shape index (κ3) is 2.50. The molecule has 1 aliphatic rings. The van der Waals surface area contributed by atoms with Crippen LogP contribution in [0.1, 0.15) is 12.8 Å². The van der Waals surface area contributed by atoms with E-state index in [1.54, 1.807) is 11.0 Å². The molecule has 8 heteroatoms. The summed E-state index contributed by atoms with van der Waals surface area (Å²) in [7, 11) is 0. The number of aromatic nitrogens is 7. The van der Waals surface area contributed by atoms with E-state index in [9.17, 15) is 0 Å². The van der Waals surface area contributed by atoms with Gasteiger partial charge in [-0.15, -0.1) is 5.10 Å². The number of para-hydroxylation sites is 1. The molecular weight excluding hydrogens is 328 g/mol. The Bertz CT molecular complexity index is 1010. The highest BCUT2D eigenvalue weighted by Crippen LogP contribution is 2.29. The van der Waals surface area contributed by atoms with E-state index >= 15 is 0 Å². The van der Waals surface area contributed by atoms with Gasteiger partial charge in [-0.05, 0) is 31.0 Å². The molecular formula is C18H18N8. The molecule has 4 aromatic rings. The smallest absolute Gasteiger partial charge is 0.189 e. The monoisotopic (exact) mass is 346 g/mol. The molecule has 8 nitrogen and oxygen atoms in total. The van der Waals surface area contributed by atoms with E-state index in [0.717, 1.165) is 48.6 Å². The Hall–Kier alpha value is -3.29. The molecule has 5 rings (SSSR count). The minimum atomic E-state index is 0.342. The Morgan fingerprint density at radius 2 is 2.00 bits per heavy atom. The summed E-state index contributed by atoms with van der Waals surface area (Å²) in [5.41, 5.74) is 2.41. The summed E-state index contributed by atoms with van der Waals surface area (Å²) in [6.07, 6.45) is 7.65. The molecule has 1 fully saturated rings. The third-order valence-corrected chi connectivity index (χ3v) is 4.83. The van der Waals surface area contributed by atoms with Crippen LogP contribution >= 0.6 is 0 Å². The van der Waals surface area contributed by atoms with Gasteiger partial charge in [-0.2, -0.15) is 9.78 Å². The minimum Gasteiger partial charge on any atom is -0.350 e.